The fraction of sp³-hybridized carbons (Fsp3) is 0.0455. The van der Waals surface area contributed by atoms with Crippen molar-refractivity contribution >= 4 is 17.6 Å². The monoisotopic (exact) mass is 399 g/mol. The van der Waals surface area contributed by atoms with Gasteiger partial charge in [0.2, 0.25) is 0 Å². The van der Waals surface area contributed by atoms with Gasteiger partial charge in [-0.15, -0.1) is 5.10 Å². The van der Waals surface area contributed by atoms with Gasteiger partial charge in [0.05, 0.1) is 11.3 Å². The van der Waals surface area contributed by atoms with E-state index in [0.717, 1.165) is 11.1 Å². The molecule has 0 fully saturated rings. The number of esters is 1. The highest BCUT2D eigenvalue weighted by Crippen LogP contribution is 2.21. The van der Waals surface area contributed by atoms with Gasteiger partial charge in [-0.2, -0.15) is 0 Å². The van der Waals surface area contributed by atoms with Crippen molar-refractivity contribution in [3.63, 3.8) is 0 Å². The molecule has 0 saturated carbocycles. The molecule has 8 heteroatoms. The Hall–Kier alpha value is -4.33. The van der Waals surface area contributed by atoms with Crippen LogP contribution in [0.25, 0.3) is 16.8 Å². The summed E-state index contributed by atoms with van der Waals surface area (Å²) in [5, 5.41) is 13.6. The zero-order valence-corrected chi connectivity index (χ0v) is 15.8. The van der Waals surface area contributed by atoms with Gasteiger partial charge in [-0.3, -0.25) is 4.79 Å². The number of hydrogen-bond donors (Lipinski definition) is 1. The van der Waals surface area contributed by atoms with Crippen LogP contribution in [0.1, 0.15) is 10.4 Å². The second-order valence-electron chi connectivity index (χ2n) is 6.37. The van der Waals surface area contributed by atoms with E-state index in [1.54, 1.807) is 36.4 Å². The summed E-state index contributed by atoms with van der Waals surface area (Å²) in [6.07, 6.45) is 1.45. The third kappa shape index (κ3) is 4.56. The van der Waals surface area contributed by atoms with E-state index in [9.17, 15) is 9.59 Å². The highest BCUT2D eigenvalue weighted by atomic mass is 16.5. The summed E-state index contributed by atoms with van der Waals surface area (Å²) in [5.74, 6) is -1.01. The number of amides is 1. The number of aromatic nitrogens is 4. The van der Waals surface area contributed by atoms with Crippen molar-refractivity contribution in [2.75, 3.05) is 11.9 Å². The third-order valence-electron chi connectivity index (χ3n) is 4.33. The van der Waals surface area contributed by atoms with Gasteiger partial charge >= 0.3 is 5.97 Å². The van der Waals surface area contributed by atoms with Gasteiger partial charge in [0.25, 0.3) is 5.91 Å². The lowest BCUT2D eigenvalue weighted by molar-refractivity contribution is -0.119. The van der Waals surface area contributed by atoms with Crippen LogP contribution in [0.3, 0.4) is 0 Å². The van der Waals surface area contributed by atoms with Crippen molar-refractivity contribution in [1.29, 1.82) is 0 Å². The molecule has 0 atom stereocenters. The van der Waals surface area contributed by atoms with Gasteiger partial charge in [-0.25, -0.2) is 9.48 Å². The van der Waals surface area contributed by atoms with Crippen molar-refractivity contribution in [3.8, 4) is 16.8 Å². The second kappa shape index (κ2) is 8.78. The van der Waals surface area contributed by atoms with Crippen molar-refractivity contribution in [2.45, 2.75) is 0 Å². The van der Waals surface area contributed by atoms with Gasteiger partial charge in [-0.1, -0.05) is 42.5 Å². The Morgan fingerprint density at radius 1 is 0.867 bits per heavy atom. The van der Waals surface area contributed by atoms with E-state index < -0.39 is 11.9 Å². The van der Waals surface area contributed by atoms with E-state index in [-0.39, 0.29) is 6.61 Å². The maximum absolute atomic E-state index is 12.2. The molecule has 8 nitrogen and oxygen atoms in total. The molecule has 0 radical (unpaired) electrons. The molecule has 1 amide bonds. The third-order valence-corrected chi connectivity index (χ3v) is 4.33. The molecule has 0 aliphatic carbocycles. The lowest BCUT2D eigenvalue weighted by Crippen LogP contribution is -2.20. The lowest BCUT2D eigenvalue weighted by atomic mass is 10.1. The van der Waals surface area contributed by atoms with E-state index in [2.05, 4.69) is 20.8 Å². The maximum atomic E-state index is 12.2. The fourth-order valence-corrected chi connectivity index (χ4v) is 2.82. The van der Waals surface area contributed by atoms with Crippen LogP contribution in [-0.2, 0) is 9.53 Å². The molecule has 3 aromatic carbocycles. The summed E-state index contributed by atoms with van der Waals surface area (Å²) in [6, 6.07) is 23.9. The molecule has 0 unspecified atom stereocenters. The largest absolute Gasteiger partial charge is 0.452 e. The molecular weight excluding hydrogens is 382 g/mol. The molecule has 0 aliphatic heterocycles. The van der Waals surface area contributed by atoms with Crippen molar-refractivity contribution in [3.05, 3.63) is 90.8 Å². The minimum absolute atomic E-state index is 0.326. The molecule has 0 spiro atoms. The molecule has 1 heterocycles. The number of hydrogen-bond acceptors (Lipinski definition) is 6. The average Bonchev–Trinajstić information content (AvgIpc) is 3.34. The smallest absolute Gasteiger partial charge is 0.338 e. The van der Waals surface area contributed by atoms with Crippen LogP contribution in [0.4, 0.5) is 5.69 Å². The number of tetrazole rings is 1. The summed E-state index contributed by atoms with van der Waals surface area (Å²) >= 11 is 0. The van der Waals surface area contributed by atoms with Crippen LogP contribution in [-0.4, -0.2) is 38.7 Å². The van der Waals surface area contributed by atoms with Crippen molar-refractivity contribution < 1.29 is 14.3 Å². The van der Waals surface area contributed by atoms with Gasteiger partial charge in [0.1, 0.15) is 6.33 Å². The van der Waals surface area contributed by atoms with Gasteiger partial charge in [-0.05, 0) is 58.0 Å². The molecule has 0 bridgehead atoms. The number of anilines is 1. The van der Waals surface area contributed by atoms with Crippen LogP contribution >= 0.6 is 0 Å². The van der Waals surface area contributed by atoms with E-state index in [4.69, 9.17) is 4.74 Å². The summed E-state index contributed by atoms with van der Waals surface area (Å²) in [4.78, 5) is 24.3. The Balaban J connectivity index is 1.29. The first-order valence-electron chi connectivity index (χ1n) is 9.15. The lowest BCUT2D eigenvalue weighted by Gasteiger charge is -2.08. The summed E-state index contributed by atoms with van der Waals surface area (Å²) in [6.45, 7) is -0.381. The number of carbonyl (C=O) groups excluding carboxylic acids is 2. The van der Waals surface area contributed by atoms with Crippen LogP contribution in [0, 0.1) is 0 Å². The Labute approximate surface area is 172 Å². The molecular formula is C22H17N5O3. The quantitative estimate of drug-likeness (QED) is 0.500. The van der Waals surface area contributed by atoms with E-state index in [0.29, 0.717) is 16.9 Å². The van der Waals surface area contributed by atoms with Crippen molar-refractivity contribution in [2.24, 2.45) is 0 Å². The van der Waals surface area contributed by atoms with Crippen LogP contribution in [0.15, 0.2) is 85.2 Å². The zero-order chi connectivity index (χ0) is 20.8. The summed E-state index contributed by atoms with van der Waals surface area (Å²) < 4.78 is 6.55. The second-order valence-corrected chi connectivity index (χ2v) is 6.37. The molecule has 148 valence electrons. The molecule has 0 aliphatic rings. The number of rotatable bonds is 6. The molecule has 30 heavy (non-hydrogen) atoms. The van der Waals surface area contributed by atoms with Crippen LogP contribution in [0.5, 0.6) is 0 Å². The minimum atomic E-state index is -0.590. The number of benzene rings is 3. The number of carbonyl (C=O) groups is 2. The highest BCUT2D eigenvalue weighted by Gasteiger charge is 2.11. The van der Waals surface area contributed by atoms with E-state index in [1.807, 2.05) is 42.5 Å². The summed E-state index contributed by atoms with van der Waals surface area (Å²) in [7, 11) is 0. The average molecular weight is 399 g/mol. The standard InChI is InChI=1S/C22H17N5O3/c28-21(24-19-10-6-17(7-11-19)16-4-2-1-3-5-16)14-30-22(29)18-8-12-20(13-9-18)27-15-23-25-26-27/h1-13,15H,14H2,(H,24,28). The van der Waals surface area contributed by atoms with Crippen LogP contribution < -0.4 is 5.32 Å². The number of ether oxygens (including phenoxy) is 1. The van der Waals surface area contributed by atoms with Gasteiger partial charge in [0, 0.05) is 5.69 Å². The molecule has 4 rings (SSSR count). The first kappa shape index (κ1) is 19.0. The first-order valence-corrected chi connectivity index (χ1v) is 9.15. The van der Waals surface area contributed by atoms with Gasteiger partial charge in [0.15, 0.2) is 6.61 Å². The SMILES string of the molecule is O=C(COC(=O)c1ccc(-n2cnnn2)cc1)Nc1ccc(-c2ccccc2)cc1. The first-order chi connectivity index (χ1) is 14.7. The topological polar surface area (TPSA) is 99.0 Å². The van der Waals surface area contributed by atoms with Gasteiger partial charge < -0.3 is 10.1 Å². The normalized spacial score (nSPS) is 10.4. The maximum Gasteiger partial charge on any atom is 0.338 e. The van der Waals surface area contributed by atoms with E-state index >= 15 is 0 Å². The van der Waals surface area contributed by atoms with Crippen molar-refractivity contribution in [1.82, 2.24) is 20.2 Å². The Bertz CT molecular complexity index is 1130. The minimum Gasteiger partial charge on any atom is -0.452 e. The Morgan fingerprint density at radius 2 is 1.57 bits per heavy atom. The number of nitrogens with zero attached hydrogens (tertiary/aromatic N) is 4. The molecule has 1 aromatic heterocycles. The van der Waals surface area contributed by atoms with E-state index in [1.165, 1.54) is 11.0 Å². The predicted octanol–water partition coefficient (Wildman–Crippen LogP) is 3.12. The molecule has 4 aromatic rings. The van der Waals surface area contributed by atoms with Crippen LogP contribution in [0.2, 0.25) is 0 Å². The molecule has 0 saturated heterocycles. The zero-order valence-electron chi connectivity index (χ0n) is 15.8. The number of nitrogens with one attached hydrogen (secondary N) is 1. The Kier molecular flexibility index (Phi) is 5.56. The summed E-state index contributed by atoms with van der Waals surface area (Å²) in [5.41, 5.74) is 3.79. The Morgan fingerprint density at radius 3 is 2.23 bits per heavy atom. The molecule has 1 N–H and O–H groups in total. The predicted molar refractivity (Wildman–Crippen MR) is 110 cm³/mol. The fourth-order valence-electron chi connectivity index (χ4n) is 2.82. The highest BCUT2D eigenvalue weighted by molar-refractivity contribution is 5.95.